The molecular weight excluding hydrogens is 434 g/mol. The van der Waals surface area contributed by atoms with Crippen LogP contribution in [0.5, 0.6) is 11.5 Å². The lowest BCUT2D eigenvalue weighted by atomic mass is 10.3. The van der Waals surface area contributed by atoms with E-state index in [0.717, 1.165) is 11.4 Å². The zero-order chi connectivity index (χ0) is 19.8. The summed E-state index contributed by atoms with van der Waals surface area (Å²) in [6.07, 6.45) is 3.13. The highest BCUT2D eigenvalue weighted by Gasteiger charge is 2.11. The van der Waals surface area contributed by atoms with E-state index in [4.69, 9.17) is 60.7 Å². The van der Waals surface area contributed by atoms with Crippen molar-refractivity contribution in [3.63, 3.8) is 0 Å². The summed E-state index contributed by atoms with van der Waals surface area (Å²) in [5.41, 5.74) is 1.62. The highest BCUT2D eigenvalue weighted by Crippen LogP contribution is 2.37. The van der Waals surface area contributed by atoms with Crippen LogP contribution >= 0.6 is 46.4 Å². The number of oxime groups is 1. The Kier molecular flexibility index (Phi) is 8.64. The van der Waals surface area contributed by atoms with Gasteiger partial charge in [0.15, 0.2) is 5.75 Å². The molecule has 0 aliphatic heterocycles. The van der Waals surface area contributed by atoms with Crippen LogP contribution in [0.4, 0.5) is 0 Å². The Balaban J connectivity index is 1.96. The van der Waals surface area contributed by atoms with Gasteiger partial charge in [-0.3, -0.25) is 0 Å². The van der Waals surface area contributed by atoms with Crippen LogP contribution in [0.15, 0.2) is 40.0 Å². The predicted octanol–water partition coefficient (Wildman–Crippen LogP) is 6.36. The van der Waals surface area contributed by atoms with Crippen molar-refractivity contribution in [1.29, 1.82) is 0 Å². The van der Waals surface area contributed by atoms with E-state index in [-0.39, 0.29) is 23.8 Å². The van der Waals surface area contributed by atoms with E-state index in [1.807, 2.05) is 26.0 Å². The minimum absolute atomic E-state index is 0.0261. The predicted molar refractivity (Wildman–Crippen MR) is 111 cm³/mol. The van der Waals surface area contributed by atoms with Crippen LogP contribution in [-0.4, -0.2) is 23.9 Å². The third-order valence-corrected chi connectivity index (χ3v) is 3.93. The van der Waals surface area contributed by atoms with E-state index in [9.17, 15) is 0 Å². The van der Waals surface area contributed by atoms with E-state index in [1.165, 1.54) is 6.08 Å². The molecule has 1 aromatic heterocycles. The quantitative estimate of drug-likeness (QED) is 0.356. The van der Waals surface area contributed by atoms with Crippen LogP contribution in [0.25, 0.3) is 0 Å². The van der Waals surface area contributed by atoms with Gasteiger partial charge in [-0.15, -0.1) is 0 Å². The Morgan fingerprint density at radius 3 is 2.48 bits per heavy atom. The molecule has 0 spiro atoms. The monoisotopic (exact) mass is 450 g/mol. The van der Waals surface area contributed by atoms with Crippen LogP contribution in [0, 0.1) is 0 Å². The van der Waals surface area contributed by atoms with Crippen molar-refractivity contribution >= 4 is 52.6 Å². The Morgan fingerprint density at radius 1 is 1.15 bits per heavy atom. The second-order valence-corrected chi connectivity index (χ2v) is 7.46. The zero-order valence-electron chi connectivity index (χ0n) is 14.6. The van der Waals surface area contributed by atoms with Crippen LogP contribution < -0.4 is 9.47 Å². The van der Waals surface area contributed by atoms with E-state index in [2.05, 4.69) is 10.1 Å². The molecular formula is C18H18Cl4N2O3. The van der Waals surface area contributed by atoms with Crippen molar-refractivity contribution < 1.29 is 14.3 Å². The van der Waals surface area contributed by atoms with Crippen LogP contribution in [-0.2, 0) is 11.4 Å². The fraction of sp³-hybridized carbons (Fsp3) is 0.278. The minimum atomic E-state index is 0.0261. The molecule has 5 nitrogen and oxygen atoms in total. The summed E-state index contributed by atoms with van der Waals surface area (Å²) in [7, 11) is 0. The number of hydrogen-bond acceptors (Lipinski definition) is 4. The molecule has 2 rings (SSSR count). The van der Waals surface area contributed by atoms with Crippen LogP contribution in [0.1, 0.15) is 25.2 Å². The molecule has 0 radical (unpaired) electrons. The second-order valence-electron chi connectivity index (χ2n) is 5.64. The van der Waals surface area contributed by atoms with Gasteiger partial charge in [0, 0.05) is 12.1 Å². The fourth-order valence-corrected chi connectivity index (χ4v) is 2.64. The number of nitrogens with one attached hydrogen (secondary N) is 1. The average molecular weight is 452 g/mol. The topological polar surface area (TPSA) is 55.8 Å². The summed E-state index contributed by atoms with van der Waals surface area (Å²) >= 11 is 23.5. The number of nitrogens with zero attached hydrogens (tertiary/aromatic N) is 1. The summed E-state index contributed by atoms with van der Waals surface area (Å²) in [4.78, 5) is 8.27. The van der Waals surface area contributed by atoms with E-state index in [1.54, 1.807) is 18.3 Å². The highest BCUT2D eigenvalue weighted by atomic mass is 35.5. The normalized spacial score (nSPS) is 11.1. The zero-order valence-corrected chi connectivity index (χ0v) is 17.7. The molecule has 0 saturated heterocycles. The Morgan fingerprint density at radius 2 is 1.85 bits per heavy atom. The van der Waals surface area contributed by atoms with Gasteiger partial charge in [-0.1, -0.05) is 51.6 Å². The SMILES string of the molecule is CC(C)ON=Cc1ccc(COc2c(Cl)cc(OCC=C(Cl)Cl)cc2Cl)[nH]1. The first-order chi connectivity index (χ1) is 12.8. The summed E-state index contributed by atoms with van der Waals surface area (Å²) in [5.74, 6) is 0.844. The molecule has 0 aliphatic carbocycles. The largest absolute Gasteiger partial charge is 0.489 e. The first kappa shape index (κ1) is 21.8. The van der Waals surface area contributed by atoms with Crippen LogP contribution in [0.3, 0.4) is 0 Å². The molecule has 9 heteroatoms. The van der Waals surface area contributed by atoms with Gasteiger partial charge in [0.05, 0.1) is 27.6 Å². The molecule has 0 fully saturated rings. The number of H-pyrrole nitrogens is 1. The molecule has 0 saturated carbocycles. The number of rotatable bonds is 9. The molecule has 0 aliphatic rings. The van der Waals surface area contributed by atoms with E-state index >= 15 is 0 Å². The number of aromatic nitrogens is 1. The van der Waals surface area contributed by atoms with Gasteiger partial charge in [-0.25, -0.2) is 0 Å². The smallest absolute Gasteiger partial charge is 0.157 e. The summed E-state index contributed by atoms with van der Waals surface area (Å²) < 4.78 is 11.3. The first-order valence-corrected chi connectivity index (χ1v) is 9.49. The van der Waals surface area contributed by atoms with E-state index < -0.39 is 0 Å². The Bertz CT molecular complexity index is 792. The molecule has 0 atom stereocenters. The van der Waals surface area contributed by atoms with E-state index in [0.29, 0.717) is 21.5 Å². The third kappa shape index (κ3) is 7.54. The van der Waals surface area contributed by atoms with Gasteiger partial charge in [0.1, 0.15) is 29.6 Å². The van der Waals surface area contributed by atoms with Gasteiger partial charge in [-0.05, 0) is 32.1 Å². The number of aromatic amines is 1. The minimum Gasteiger partial charge on any atom is -0.489 e. The van der Waals surface area contributed by atoms with Gasteiger partial charge in [-0.2, -0.15) is 0 Å². The summed E-state index contributed by atoms with van der Waals surface area (Å²) in [6.45, 7) is 4.25. The lowest BCUT2D eigenvalue weighted by Gasteiger charge is -2.11. The number of halogens is 4. The molecule has 1 N–H and O–H groups in total. The Labute approximate surface area is 177 Å². The Hall–Kier alpha value is -1.53. The van der Waals surface area contributed by atoms with Crippen molar-refractivity contribution in [3.8, 4) is 11.5 Å². The fourth-order valence-electron chi connectivity index (χ4n) is 1.94. The maximum absolute atomic E-state index is 6.24. The van der Waals surface area contributed by atoms with Gasteiger partial charge in [0.2, 0.25) is 0 Å². The van der Waals surface area contributed by atoms with Crippen molar-refractivity contribution in [2.24, 2.45) is 5.16 Å². The standard InChI is InChI=1S/C18H18Cl4N2O3/c1-11(2)27-23-9-12-3-4-13(24-12)10-26-18-15(19)7-14(8-16(18)20)25-6-5-17(21)22/h3-5,7-9,11,24H,6,10H2,1-2H3. The number of benzene rings is 1. The molecule has 27 heavy (non-hydrogen) atoms. The van der Waals surface area contributed by atoms with Gasteiger partial charge < -0.3 is 19.3 Å². The summed E-state index contributed by atoms with van der Waals surface area (Å²) in [5, 5.41) is 4.53. The maximum atomic E-state index is 6.24. The third-order valence-electron chi connectivity index (χ3n) is 3.06. The average Bonchev–Trinajstić information content (AvgIpc) is 3.01. The van der Waals surface area contributed by atoms with Crippen molar-refractivity contribution in [3.05, 3.63) is 56.3 Å². The van der Waals surface area contributed by atoms with Crippen molar-refractivity contribution in [2.45, 2.75) is 26.6 Å². The van der Waals surface area contributed by atoms with Gasteiger partial charge in [0.25, 0.3) is 0 Å². The number of hydrogen-bond donors (Lipinski definition) is 1. The van der Waals surface area contributed by atoms with Crippen molar-refractivity contribution in [2.75, 3.05) is 6.61 Å². The molecule has 0 unspecified atom stereocenters. The van der Waals surface area contributed by atoms with Crippen LogP contribution in [0.2, 0.25) is 10.0 Å². The number of ether oxygens (including phenoxy) is 2. The highest BCUT2D eigenvalue weighted by molar-refractivity contribution is 6.55. The first-order valence-electron chi connectivity index (χ1n) is 7.98. The molecule has 1 heterocycles. The molecule has 0 amide bonds. The molecule has 1 aromatic carbocycles. The molecule has 2 aromatic rings. The second kappa shape index (κ2) is 10.7. The lowest BCUT2D eigenvalue weighted by Crippen LogP contribution is -1.99. The van der Waals surface area contributed by atoms with Gasteiger partial charge >= 0.3 is 0 Å². The van der Waals surface area contributed by atoms with Crippen molar-refractivity contribution in [1.82, 2.24) is 4.98 Å². The lowest BCUT2D eigenvalue weighted by molar-refractivity contribution is 0.0873. The summed E-state index contributed by atoms with van der Waals surface area (Å²) in [6, 6.07) is 6.95. The molecule has 146 valence electrons. The maximum Gasteiger partial charge on any atom is 0.157 e. The molecule has 0 bridgehead atoms.